The first-order chi connectivity index (χ1) is 14.9. The molecular formula is C22H26ClN5O3. The summed E-state index contributed by atoms with van der Waals surface area (Å²) in [5.41, 5.74) is 1.98. The summed E-state index contributed by atoms with van der Waals surface area (Å²) < 4.78 is 1.74. The zero-order valence-electron chi connectivity index (χ0n) is 17.4. The van der Waals surface area contributed by atoms with Crippen LogP contribution in [0.25, 0.3) is 5.82 Å². The predicted octanol–water partition coefficient (Wildman–Crippen LogP) is 2.88. The second-order valence-corrected chi connectivity index (χ2v) is 7.64. The van der Waals surface area contributed by atoms with Crippen molar-refractivity contribution in [1.82, 2.24) is 19.9 Å². The molecule has 1 amide bonds. The van der Waals surface area contributed by atoms with Gasteiger partial charge in [0.2, 0.25) is 5.95 Å². The second kappa shape index (κ2) is 10.4. The molecule has 1 aromatic carbocycles. The molecule has 0 spiro atoms. The number of carbonyl (C=O) groups is 1. The molecule has 9 heteroatoms. The van der Waals surface area contributed by atoms with Crippen molar-refractivity contribution in [3.63, 3.8) is 0 Å². The maximum absolute atomic E-state index is 12.8. The summed E-state index contributed by atoms with van der Waals surface area (Å²) in [6, 6.07) is 7.98. The van der Waals surface area contributed by atoms with E-state index in [1.165, 1.54) is 0 Å². The monoisotopic (exact) mass is 443 g/mol. The summed E-state index contributed by atoms with van der Waals surface area (Å²) in [6.07, 6.45) is 5.83. The number of aliphatic hydroxyl groups excluding tert-OH is 2. The summed E-state index contributed by atoms with van der Waals surface area (Å²) in [5, 5.41) is 25.6. The Hall–Kier alpha value is -2.94. The van der Waals surface area contributed by atoms with Gasteiger partial charge in [0.25, 0.3) is 5.91 Å². The first kappa shape index (κ1) is 22.7. The van der Waals surface area contributed by atoms with Gasteiger partial charge in [-0.3, -0.25) is 4.79 Å². The van der Waals surface area contributed by atoms with Gasteiger partial charge in [-0.15, -0.1) is 0 Å². The highest BCUT2D eigenvalue weighted by Gasteiger charge is 2.17. The van der Waals surface area contributed by atoms with Crippen molar-refractivity contribution < 1.29 is 15.0 Å². The number of anilines is 1. The van der Waals surface area contributed by atoms with Crippen LogP contribution in [-0.2, 0) is 0 Å². The average molecular weight is 444 g/mol. The SMILES string of the molecule is CC[C@@H](CO)Nc1ncc(C)c(-n2ccc(C(=O)N[C@H](CO)c3cccc(Cl)c3)c2)n1. The Bertz CT molecular complexity index is 1040. The van der Waals surface area contributed by atoms with E-state index in [2.05, 4.69) is 20.6 Å². The number of hydrogen-bond donors (Lipinski definition) is 4. The highest BCUT2D eigenvalue weighted by Crippen LogP contribution is 2.19. The van der Waals surface area contributed by atoms with Gasteiger partial charge in [-0.2, -0.15) is 4.98 Å². The minimum Gasteiger partial charge on any atom is -0.394 e. The number of halogens is 1. The van der Waals surface area contributed by atoms with Gasteiger partial charge in [0, 0.05) is 29.2 Å². The summed E-state index contributed by atoms with van der Waals surface area (Å²) in [5.74, 6) is 0.703. The molecule has 0 unspecified atom stereocenters. The Labute approximate surface area is 185 Å². The van der Waals surface area contributed by atoms with Crippen molar-refractivity contribution in [2.24, 2.45) is 0 Å². The van der Waals surface area contributed by atoms with Gasteiger partial charge in [0.15, 0.2) is 0 Å². The van der Waals surface area contributed by atoms with Crippen LogP contribution in [0.15, 0.2) is 48.9 Å². The zero-order chi connectivity index (χ0) is 22.4. The summed E-state index contributed by atoms with van der Waals surface area (Å²) in [6.45, 7) is 3.57. The number of aryl methyl sites for hydroxylation is 1. The molecule has 0 saturated carbocycles. The van der Waals surface area contributed by atoms with Gasteiger partial charge in [0.1, 0.15) is 5.82 Å². The van der Waals surface area contributed by atoms with Crippen molar-refractivity contribution in [3.8, 4) is 5.82 Å². The van der Waals surface area contributed by atoms with Crippen LogP contribution in [0.2, 0.25) is 5.02 Å². The van der Waals surface area contributed by atoms with E-state index in [0.717, 1.165) is 17.5 Å². The fourth-order valence-corrected chi connectivity index (χ4v) is 3.28. The highest BCUT2D eigenvalue weighted by molar-refractivity contribution is 6.30. The van der Waals surface area contributed by atoms with Crippen LogP contribution in [0, 0.1) is 6.92 Å². The molecule has 0 fully saturated rings. The number of benzene rings is 1. The molecule has 31 heavy (non-hydrogen) atoms. The van der Waals surface area contributed by atoms with E-state index in [0.29, 0.717) is 22.4 Å². The third-order valence-electron chi connectivity index (χ3n) is 4.93. The van der Waals surface area contributed by atoms with Crippen LogP contribution in [0.1, 0.15) is 40.9 Å². The third-order valence-corrected chi connectivity index (χ3v) is 5.17. The molecule has 0 saturated heterocycles. The van der Waals surface area contributed by atoms with Crippen molar-refractivity contribution in [1.29, 1.82) is 0 Å². The van der Waals surface area contributed by atoms with Crippen molar-refractivity contribution >= 4 is 23.5 Å². The lowest BCUT2D eigenvalue weighted by Gasteiger charge is -2.16. The molecule has 164 valence electrons. The Balaban J connectivity index is 1.78. The number of amides is 1. The second-order valence-electron chi connectivity index (χ2n) is 7.20. The fraction of sp³-hybridized carbons (Fsp3) is 0.318. The lowest BCUT2D eigenvalue weighted by Crippen LogP contribution is -2.30. The van der Waals surface area contributed by atoms with E-state index in [-0.39, 0.29) is 25.2 Å². The minimum absolute atomic E-state index is 0.0183. The number of hydrogen-bond acceptors (Lipinski definition) is 6. The molecule has 2 aromatic heterocycles. The molecule has 0 bridgehead atoms. The van der Waals surface area contributed by atoms with Crippen molar-refractivity contribution in [2.45, 2.75) is 32.4 Å². The molecule has 2 heterocycles. The Morgan fingerprint density at radius 1 is 1.26 bits per heavy atom. The van der Waals surface area contributed by atoms with Gasteiger partial charge in [-0.05, 0) is 37.1 Å². The van der Waals surface area contributed by atoms with Gasteiger partial charge < -0.3 is 25.4 Å². The van der Waals surface area contributed by atoms with Crippen LogP contribution < -0.4 is 10.6 Å². The van der Waals surface area contributed by atoms with Crippen LogP contribution in [0.4, 0.5) is 5.95 Å². The zero-order valence-corrected chi connectivity index (χ0v) is 18.2. The summed E-state index contributed by atoms with van der Waals surface area (Å²) >= 11 is 6.02. The lowest BCUT2D eigenvalue weighted by molar-refractivity contribution is 0.0916. The van der Waals surface area contributed by atoms with E-state index in [1.807, 2.05) is 13.8 Å². The number of nitrogens with one attached hydrogen (secondary N) is 2. The Morgan fingerprint density at radius 3 is 2.74 bits per heavy atom. The molecule has 8 nitrogen and oxygen atoms in total. The van der Waals surface area contributed by atoms with Crippen LogP contribution >= 0.6 is 11.6 Å². The summed E-state index contributed by atoms with van der Waals surface area (Å²) in [7, 11) is 0. The number of rotatable bonds is 9. The molecule has 3 aromatic rings. The standard InChI is InChI=1S/C22H26ClN5O3/c1-3-18(12-29)25-22-24-10-14(2)20(27-22)28-8-7-16(11-28)21(31)26-19(13-30)15-5-4-6-17(23)9-15/h4-11,18-19,29-30H,3,12-13H2,1-2H3,(H,26,31)(H,24,25,27)/t18-,19+/m0/s1. The van der Waals surface area contributed by atoms with Crippen molar-refractivity contribution in [2.75, 3.05) is 18.5 Å². The normalized spacial score (nSPS) is 12.9. The van der Waals surface area contributed by atoms with Crippen LogP contribution in [-0.4, -0.2) is 49.9 Å². The van der Waals surface area contributed by atoms with Gasteiger partial charge in [0.05, 0.1) is 30.9 Å². The molecule has 4 N–H and O–H groups in total. The molecule has 2 atom stereocenters. The summed E-state index contributed by atoms with van der Waals surface area (Å²) in [4.78, 5) is 21.5. The smallest absolute Gasteiger partial charge is 0.253 e. The van der Waals surface area contributed by atoms with Gasteiger partial charge in [-0.1, -0.05) is 30.7 Å². The minimum atomic E-state index is -0.574. The number of carbonyl (C=O) groups excluding carboxylic acids is 1. The fourth-order valence-electron chi connectivity index (χ4n) is 3.09. The molecule has 0 aliphatic heterocycles. The van der Waals surface area contributed by atoms with E-state index in [4.69, 9.17) is 11.6 Å². The first-order valence-corrected chi connectivity index (χ1v) is 10.4. The predicted molar refractivity (Wildman–Crippen MR) is 120 cm³/mol. The average Bonchev–Trinajstić information content (AvgIpc) is 3.27. The Kier molecular flexibility index (Phi) is 7.62. The van der Waals surface area contributed by atoms with Crippen LogP contribution in [0.5, 0.6) is 0 Å². The molecule has 0 radical (unpaired) electrons. The quantitative estimate of drug-likeness (QED) is 0.404. The van der Waals surface area contributed by atoms with E-state index in [9.17, 15) is 15.0 Å². The maximum Gasteiger partial charge on any atom is 0.253 e. The molecule has 0 aliphatic rings. The lowest BCUT2D eigenvalue weighted by atomic mass is 10.1. The van der Waals surface area contributed by atoms with Gasteiger partial charge in [-0.25, -0.2) is 4.98 Å². The number of nitrogens with zero attached hydrogens (tertiary/aromatic N) is 3. The van der Waals surface area contributed by atoms with E-state index in [1.54, 1.807) is 53.5 Å². The van der Waals surface area contributed by atoms with Gasteiger partial charge >= 0.3 is 0 Å². The third kappa shape index (κ3) is 5.61. The van der Waals surface area contributed by atoms with E-state index < -0.39 is 6.04 Å². The maximum atomic E-state index is 12.8. The molecular weight excluding hydrogens is 418 g/mol. The number of aromatic nitrogens is 3. The molecule has 3 rings (SSSR count). The number of aliphatic hydroxyl groups is 2. The van der Waals surface area contributed by atoms with E-state index >= 15 is 0 Å². The van der Waals surface area contributed by atoms with Crippen molar-refractivity contribution in [3.05, 3.63) is 70.6 Å². The van der Waals surface area contributed by atoms with Crippen LogP contribution in [0.3, 0.4) is 0 Å². The topological polar surface area (TPSA) is 112 Å². The highest BCUT2D eigenvalue weighted by atomic mass is 35.5. The Morgan fingerprint density at radius 2 is 2.06 bits per heavy atom. The largest absolute Gasteiger partial charge is 0.394 e. The molecule has 0 aliphatic carbocycles. The first-order valence-electron chi connectivity index (χ1n) is 10.0.